The highest BCUT2D eigenvalue weighted by atomic mass is 32.2. The highest BCUT2D eigenvalue weighted by Gasteiger charge is 2.06. The number of sulfonamides is 1. The number of aromatic nitrogens is 1. The van der Waals surface area contributed by atoms with Gasteiger partial charge in [-0.3, -0.25) is 9.71 Å². The lowest BCUT2D eigenvalue weighted by atomic mass is 10.3. The minimum absolute atomic E-state index is 0.293. The van der Waals surface area contributed by atoms with Gasteiger partial charge < -0.3 is 5.11 Å². The number of pyridine rings is 1. The van der Waals surface area contributed by atoms with Crippen molar-refractivity contribution in [1.82, 2.24) is 4.98 Å². The summed E-state index contributed by atoms with van der Waals surface area (Å²) < 4.78 is 23.9. The fourth-order valence-corrected chi connectivity index (χ4v) is 1.44. The first kappa shape index (κ1) is 9.94. The maximum absolute atomic E-state index is 10.8. The summed E-state index contributed by atoms with van der Waals surface area (Å²) in [5, 5.41) is 8.82. The molecule has 0 amide bonds. The molecule has 1 heterocycles. The zero-order chi connectivity index (χ0) is 9.90. The lowest BCUT2D eigenvalue weighted by molar-refractivity contribution is 0.277. The van der Waals surface area contributed by atoms with E-state index >= 15 is 0 Å². The Morgan fingerprint density at radius 1 is 1.62 bits per heavy atom. The molecular weight excluding hydrogens is 192 g/mol. The molecule has 0 bridgehead atoms. The summed E-state index contributed by atoms with van der Waals surface area (Å²) in [4.78, 5) is 3.80. The fourth-order valence-electron chi connectivity index (χ4n) is 0.857. The van der Waals surface area contributed by atoms with Crippen LogP contribution < -0.4 is 4.72 Å². The Hall–Kier alpha value is -1.14. The molecule has 6 heteroatoms. The van der Waals surface area contributed by atoms with Gasteiger partial charge >= 0.3 is 0 Å². The highest BCUT2D eigenvalue weighted by Crippen LogP contribution is 2.12. The summed E-state index contributed by atoms with van der Waals surface area (Å²) in [7, 11) is -3.31. The van der Waals surface area contributed by atoms with Crippen LogP contribution in [0.5, 0.6) is 0 Å². The first-order valence-corrected chi connectivity index (χ1v) is 5.44. The summed E-state index contributed by atoms with van der Waals surface area (Å²) in [6.07, 6.45) is 2.53. The zero-order valence-corrected chi connectivity index (χ0v) is 7.87. The first-order chi connectivity index (χ1) is 6.03. The quantitative estimate of drug-likeness (QED) is 0.720. The molecule has 1 aromatic heterocycles. The molecule has 1 rings (SSSR count). The third-order valence-corrected chi connectivity index (χ3v) is 1.93. The molecule has 13 heavy (non-hydrogen) atoms. The molecular formula is C7H10N2O3S. The number of nitrogens with zero attached hydrogens (tertiary/aromatic N) is 1. The maximum atomic E-state index is 10.8. The fraction of sp³-hybridized carbons (Fsp3) is 0.286. The van der Waals surface area contributed by atoms with Gasteiger partial charge in [0.25, 0.3) is 0 Å². The molecule has 0 aliphatic heterocycles. The van der Waals surface area contributed by atoms with Gasteiger partial charge in [0, 0.05) is 6.20 Å². The third-order valence-electron chi connectivity index (χ3n) is 1.34. The summed E-state index contributed by atoms with van der Waals surface area (Å²) in [5.41, 5.74) is 0.625. The van der Waals surface area contributed by atoms with Crippen molar-refractivity contribution in [2.45, 2.75) is 6.61 Å². The first-order valence-electron chi connectivity index (χ1n) is 3.55. The predicted octanol–water partition coefficient (Wildman–Crippen LogP) is -0.0546. The molecule has 72 valence electrons. The van der Waals surface area contributed by atoms with Crippen LogP contribution >= 0.6 is 0 Å². The molecule has 0 aliphatic carbocycles. The van der Waals surface area contributed by atoms with Crippen LogP contribution in [0.25, 0.3) is 0 Å². The molecule has 0 saturated carbocycles. The van der Waals surface area contributed by atoms with E-state index in [1.54, 1.807) is 12.1 Å². The number of nitrogens with one attached hydrogen (secondary N) is 1. The van der Waals surface area contributed by atoms with Crippen LogP contribution in [0.2, 0.25) is 0 Å². The molecule has 0 atom stereocenters. The van der Waals surface area contributed by atoms with Gasteiger partial charge in [0.2, 0.25) is 10.0 Å². The van der Waals surface area contributed by atoms with Crippen molar-refractivity contribution in [3.63, 3.8) is 0 Å². The van der Waals surface area contributed by atoms with E-state index in [2.05, 4.69) is 9.71 Å². The van der Waals surface area contributed by atoms with Gasteiger partial charge in [0.05, 0.1) is 24.2 Å². The molecule has 0 aromatic carbocycles. The van der Waals surface area contributed by atoms with Crippen molar-refractivity contribution in [2.75, 3.05) is 11.0 Å². The van der Waals surface area contributed by atoms with Crippen LogP contribution in [0, 0.1) is 0 Å². The summed E-state index contributed by atoms with van der Waals surface area (Å²) in [6.45, 7) is -0.293. The molecule has 5 nitrogen and oxygen atoms in total. The van der Waals surface area contributed by atoms with Crippen molar-refractivity contribution in [3.8, 4) is 0 Å². The Morgan fingerprint density at radius 3 is 2.85 bits per heavy atom. The third kappa shape index (κ3) is 3.00. The van der Waals surface area contributed by atoms with E-state index in [1.807, 2.05) is 0 Å². The van der Waals surface area contributed by atoms with E-state index in [0.717, 1.165) is 6.26 Å². The van der Waals surface area contributed by atoms with Gasteiger partial charge in [-0.05, 0) is 12.1 Å². The molecule has 0 radical (unpaired) electrons. The monoisotopic (exact) mass is 202 g/mol. The lowest BCUT2D eigenvalue weighted by Gasteiger charge is -2.06. The van der Waals surface area contributed by atoms with Crippen LogP contribution in [0.15, 0.2) is 18.3 Å². The van der Waals surface area contributed by atoms with Gasteiger partial charge in [-0.2, -0.15) is 0 Å². The maximum Gasteiger partial charge on any atom is 0.229 e. The summed E-state index contributed by atoms with van der Waals surface area (Å²) >= 11 is 0. The SMILES string of the molecule is CS(=O)(=O)Nc1cccnc1CO. The molecule has 0 saturated heterocycles. The second kappa shape index (κ2) is 3.71. The second-order valence-electron chi connectivity index (χ2n) is 2.53. The van der Waals surface area contributed by atoms with E-state index < -0.39 is 10.0 Å². The minimum Gasteiger partial charge on any atom is -0.390 e. The molecule has 1 aromatic rings. The Bertz CT molecular complexity index is 388. The van der Waals surface area contributed by atoms with Gasteiger partial charge in [-0.15, -0.1) is 0 Å². The van der Waals surface area contributed by atoms with Crippen LogP contribution in [0.3, 0.4) is 0 Å². The number of aliphatic hydroxyl groups excluding tert-OH is 1. The van der Waals surface area contributed by atoms with Crippen molar-refractivity contribution in [1.29, 1.82) is 0 Å². The van der Waals surface area contributed by atoms with Crippen molar-refractivity contribution in [2.24, 2.45) is 0 Å². The smallest absolute Gasteiger partial charge is 0.229 e. The molecule has 0 aliphatic rings. The largest absolute Gasteiger partial charge is 0.390 e. The Balaban J connectivity index is 3.01. The van der Waals surface area contributed by atoms with Crippen LogP contribution in [0.1, 0.15) is 5.69 Å². The number of rotatable bonds is 3. The highest BCUT2D eigenvalue weighted by molar-refractivity contribution is 7.92. The van der Waals surface area contributed by atoms with E-state index in [1.165, 1.54) is 6.20 Å². The normalized spacial score (nSPS) is 11.2. The van der Waals surface area contributed by atoms with Crippen LogP contribution in [0.4, 0.5) is 5.69 Å². The standard InChI is InChI=1S/C7H10N2O3S/c1-13(11,12)9-6-3-2-4-8-7(6)5-10/h2-4,9-10H,5H2,1H3. The molecule has 0 spiro atoms. The average Bonchev–Trinajstić information content (AvgIpc) is 2.02. The Morgan fingerprint density at radius 2 is 2.31 bits per heavy atom. The molecule has 0 unspecified atom stereocenters. The van der Waals surface area contributed by atoms with E-state index in [-0.39, 0.29) is 6.61 Å². The van der Waals surface area contributed by atoms with Crippen LogP contribution in [-0.4, -0.2) is 24.8 Å². The Labute approximate surface area is 76.5 Å². The van der Waals surface area contributed by atoms with Gasteiger partial charge in [0.15, 0.2) is 0 Å². The van der Waals surface area contributed by atoms with Gasteiger partial charge in [-0.1, -0.05) is 0 Å². The zero-order valence-electron chi connectivity index (χ0n) is 7.06. The number of hydrogen-bond acceptors (Lipinski definition) is 4. The molecule has 2 N–H and O–H groups in total. The van der Waals surface area contributed by atoms with Crippen LogP contribution in [-0.2, 0) is 16.6 Å². The van der Waals surface area contributed by atoms with E-state index in [9.17, 15) is 8.42 Å². The van der Waals surface area contributed by atoms with Gasteiger partial charge in [0.1, 0.15) is 0 Å². The second-order valence-corrected chi connectivity index (χ2v) is 4.28. The van der Waals surface area contributed by atoms with E-state index in [4.69, 9.17) is 5.11 Å². The minimum atomic E-state index is -3.31. The number of aliphatic hydroxyl groups is 1. The predicted molar refractivity (Wildman–Crippen MR) is 48.6 cm³/mol. The van der Waals surface area contributed by atoms with Crippen molar-refractivity contribution >= 4 is 15.7 Å². The van der Waals surface area contributed by atoms with E-state index in [0.29, 0.717) is 11.4 Å². The average molecular weight is 202 g/mol. The lowest BCUT2D eigenvalue weighted by Crippen LogP contribution is -2.11. The number of anilines is 1. The summed E-state index contributed by atoms with van der Waals surface area (Å²) in [6, 6.07) is 3.13. The van der Waals surface area contributed by atoms with Crippen molar-refractivity contribution < 1.29 is 13.5 Å². The topological polar surface area (TPSA) is 79.3 Å². The van der Waals surface area contributed by atoms with Crippen molar-refractivity contribution in [3.05, 3.63) is 24.0 Å². The Kier molecular flexibility index (Phi) is 2.84. The number of hydrogen-bond donors (Lipinski definition) is 2. The summed E-state index contributed by atoms with van der Waals surface area (Å²) in [5.74, 6) is 0. The molecule has 0 fully saturated rings. The van der Waals surface area contributed by atoms with Gasteiger partial charge in [-0.25, -0.2) is 8.42 Å².